The van der Waals surface area contributed by atoms with E-state index in [9.17, 15) is 9.59 Å². The molecule has 1 heterocycles. The van der Waals surface area contributed by atoms with Gasteiger partial charge < -0.3 is 19.8 Å². The summed E-state index contributed by atoms with van der Waals surface area (Å²) in [6, 6.07) is 8.26. The van der Waals surface area contributed by atoms with E-state index in [1.54, 1.807) is 30.3 Å². The monoisotopic (exact) mass is 316 g/mol. The lowest BCUT2D eigenvalue weighted by molar-refractivity contribution is -0.119. The van der Waals surface area contributed by atoms with Gasteiger partial charge in [0.1, 0.15) is 5.75 Å². The predicted molar refractivity (Wildman–Crippen MR) is 87.7 cm³/mol. The van der Waals surface area contributed by atoms with Crippen LogP contribution in [0.3, 0.4) is 0 Å². The highest BCUT2D eigenvalue weighted by atomic mass is 16.5. The van der Waals surface area contributed by atoms with Crippen LogP contribution >= 0.6 is 0 Å². The first kappa shape index (κ1) is 16.6. The Balaban J connectivity index is 2.18. The van der Waals surface area contributed by atoms with Crippen molar-refractivity contribution in [2.45, 2.75) is 20.3 Å². The van der Waals surface area contributed by atoms with E-state index >= 15 is 0 Å². The van der Waals surface area contributed by atoms with Gasteiger partial charge in [-0.15, -0.1) is 0 Å². The molecule has 23 heavy (non-hydrogen) atoms. The summed E-state index contributed by atoms with van der Waals surface area (Å²) in [7, 11) is 1.51. The summed E-state index contributed by atoms with van der Waals surface area (Å²) in [5.74, 6) is 0.144. The Morgan fingerprint density at radius 2 is 2.04 bits per heavy atom. The number of carbonyl (C=O) groups is 2. The number of nitrogens with one attached hydrogen (secondary N) is 2. The Morgan fingerprint density at radius 1 is 1.26 bits per heavy atom. The first-order valence-corrected chi connectivity index (χ1v) is 7.39. The van der Waals surface area contributed by atoms with Gasteiger partial charge in [0, 0.05) is 11.6 Å². The second-order valence-corrected chi connectivity index (χ2v) is 5.15. The Hall–Kier alpha value is -2.76. The van der Waals surface area contributed by atoms with Gasteiger partial charge in [-0.05, 0) is 36.8 Å². The number of hydrogen-bond donors (Lipinski definition) is 2. The van der Waals surface area contributed by atoms with Crippen molar-refractivity contribution in [3.8, 4) is 5.75 Å². The van der Waals surface area contributed by atoms with Crippen LogP contribution in [0.5, 0.6) is 5.75 Å². The maximum atomic E-state index is 12.1. The molecule has 2 rings (SSSR count). The molecule has 2 aromatic rings. The lowest BCUT2D eigenvalue weighted by Crippen LogP contribution is -2.20. The van der Waals surface area contributed by atoms with E-state index in [2.05, 4.69) is 10.6 Å². The molecule has 0 fully saturated rings. The number of anilines is 2. The van der Waals surface area contributed by atoms with Gasteiger partial charge in [-0.3, -0.25) is 9.59 Å². The van der Waals surface area contributed by atoms with E-state index in [1.807, 2.05) is 13.8 Å². The molecule has 122 valence electrons. The van der Waals surface area contributed by atoms with Gasteiger partial charge in [0.15, 0.2) is 5.76 Å². The van der Waals surface area contributed by atoms with E-state index in [0.717, 1.165) is 6.42 Å². The summed E-state index contributed by atoms with van der Waals surface area (Å²) in [5, 5.41) is 5.53. The highest BCUT2D eigenvalue weighted by Crippen LogP contribution is 2.28. The minimum atomic E-state index is -0.390. The molecule has 0 radical (unpaired) electrons. The van der Waals surface area contributed by atoms with Gasteiger partial charge in [-0.2, -0.15) is 0 Å². The molecule has 0 aliphatic heterocycles. The minimum absolute atomic E-state index is 0.0685. The lowest BCUT2D eigenvalue weighted by Gasteiger charge is -2.14. The quantitative estimate of drug-likeness (QED) is 0.854. The van der Waals surface area contributed by atoms with Crippen molar-refractivity contribution in [1.29, 1.82) is 0 Å². The number of hydrogen-bond acceptors (Lipinski definition) is 4. The van der Waals surface area contributed by atoms with E-state index in [0.29, 0.717) is 17.1 Å². The lowest BCUT2D eigenvalue weighted by atomic mass is 10.1. The fraction of sp³-hybridized carbons (Fsp3) is 0.294. The van der Waals surface area contributed by atoms with Crippen LogP contribution in [0.15, 0.2) is 41.0 Å². The third-order valence-corrected chi connectivity index (χ3v) is 3.52. The summed E-state index contributed by atoms with van der Waals surface area (Å²) in [4.78, 5) is 24.1. The molecule has 1 unspecified atom stereocenters. The van der Waals surface area contributed by atoms with Gasteiger partial charge in [0.05, 0.1) is 19.1 Å². The van der Waals surface area contributed by atoms with Gasteiger partial charge >= 0.3 is 0 Å². The maximum absolute atomic E-state index is 12.1. The molecule has 0 saturated carbocycles. The molecule has 6 heteroatoms. The Labute approximate surface area is 134 Å². The van der Waals surface area contributed by atoms with Crippen molar-refractivity contribution in [2.75, 3.05) is 17.7 Å². The van der Waals surface area contributed by atoms with Gasteiger partial charge in [-0.1, -0.05) is 13.8 Å². The molecular formula is C17H20N2O4. The van der Waals surface area contributed by atoms with Crippen LogP contribution in [0.25, 0.3) is 0 Å². The van der Waals surface area contributed by atoms with Crippen molar-refractivity contribution in [1.82, 2.24) is 0 Å². The Morgan fingerprint density at radius 3 is 2.65 bits per heavy atom. The maximum Gasteiger partial charge on any atom is 0.291 e. The summed E-state index contributed by atoms with van der Waals surface area (Å²) in [6.45, 7) is 3.81. The molecule has 2 amide bonds. The van der Waals surface area contributed by atoms with Crippen molar-refractivity contribution in [2.24, 2.45) is 5.92 Å². The largest absolute Gasteiger partial charge is 0.495 e. The number of ether oxygens (including phenoxy) is 1. The standard InChI is InChI=1S/C17H20N2O4/c1-4-11(2)16(20)18-12-7-8-14(22-3)13(10-12)19-17(21)15-6-5-9-23-15/h5-11H,4H2,1-3H3,(H,18,20)(H,19,21). The van der Waals surface area contributed by atoms with Crippen LogP contribution < -0.4 is 15.4 Å². The minimum Gasteiger partial charge on any atom is -0.495 e. The summed E-state index contributed by atoms with van der Waals surface area (Å²) in [6.07, 6.45) is 2.18. The molecule has 0 saturated heterocycles. The molecule has 0 spiro atoms. The molecule has 0 aliphatic carbocycles. The fourth-order valence-corrected chi connectivity index (χ4v) is 1.93. The second kappa shape index (κ2) is 7.49. The zero-order chi connectivity index (χ0) is 16.8. The smallest absolute Gasteiger partial charge is 0.291 e. The zero-order valence-electron chi connectivity index (χ0n) is 13.4. The third-order valence-electron chi connectivity index (χ3n) is 3.52. The third kappa shape index (κ3) is 4.12. The van der Waals surface area contributed by atoms with Crippen molar-refractivity contribution in [3.63, 3.8) is 0 Å². The van der Waals surface area contributed by atoms with Crippen molar-refractivity contribution < 1.29 is 18.7 Å². The van der Waals surface area contributed by atoms with Gasteiger partial charge in [-0.25, -0.2) is 0 Å². The van der Waals surface area contributed by atoms with Crippen LogP contribution in [0, 0.1) is 5.92 Å². The van der Waals surface area contributed by atoms with Crippen LogP contribution in [-0.2, 0) is 4.79 Å². The number of amides is 2. The zero-order valence-corrected chi connectivity index (χ0v) is 13.4. The number of furan rings is 1. The highest BCUT2D eigenvalue weighted by molar-refractivity contribution is 6.03. The van der Waals surface area contributed by atoms with E-state index in [-0.39, 0.29) is 17.6 Å². The predicted octanol–water partition coefficient (Wildman–Crippen LogP) is 3.53. The van der Waals surface area contributed by atoms with E-state index in [4.69, 9.17) is 9.15 Å². The first-order chi connectivity index (χ1) is 11.0. The molecular weight excluding hydrogens is 296 g/mol. The fourth-order valence-electron chi connectivity index (χ4n) is 1.93. The topological polar surface area (TPSA) is 80.6 Å². The number of benzene rings is 1. The molecule has 0 bridgehead atoms. The average molecular weight is 316 g/mol. The van der Waals surface area contributed by atoms with Gasteiger partial charge in [0.25, 0.3) is 5.91 Å². The van der Waals surface area contributed by atoms with Crippen LogP contribution in [-0.4, -0.2) is 18.9 Å². The number of carbonyl (C=O) groups excluding carboxylic acids is 2. The number of rotatable bonds is 6. The first-order valence-electron chi connectivity index (χ1n) is 7.39. The Kier molecular flexibility index (Phi) is 5.41. The van der Waals surface area contributed by atoms with E-state index < -0.39 is 5.91 Å². The van der Waals surface area contributed by atoms with Crippen molar-refractivity contribution in [3.05, 3.63) is 42.4 Å². The summed E-state index contributed by atoms with van der Waals surface area (Å²) in [5.41, 5.74) is 1.04. The number of methoxy groups -OCH3 is 1. The molecule has 0 aliphatic rings. The Bertz CT molecular complexity index is 680. The van der Waals surface area contributed by atoms with Crippen LogP contribution in [0.1, 0.15) is 30.8 Å². The molecule has 6 nitrogen and oxygen atoms in total. The molecule has 2 N–H and O–H groups in total. The summed E-state index contributed by atoms with van der Waals surface area (Å²) >= 11 is 0. The normalized spacial score (nSPS) is 11.6. The SMILES string of the molecule is CCC(C)C(=O)Nc1ccc(OC)c(NC(=O)c2ccco2)c1. The highest BCUT2D eigenvalue weighted by Gasteiger charge is 2.15. The van der Waals surface area contributed by atoms with Crippen molar-refractivity contribution >= 4 is 23.2 Å². The molecule has 1 aromatic carbocycles. The van der Waals surface area contributed by atoms with Crippen LogP contribution in [0.4, 0.5) is 11.4 Å². The summed E-state index contributed by atoms with van der Waals surface area (Å²) < 4.78 is 10.3. The average Bonchev–Trinajstić information content (AvgIpc) is 3.09. The molecule has 1 aromatic heterocycles. The second-order valence-electron chi connectivity index (χ2n) is 5.15. The van der Waals surface area contributed by atoms with E-state index in [1.165, 1.54) is 13.4 Å². The molecule has 1 atom stereocenters. The van der Waals surface area contributed by atoms with Crippen LogP contribution in [0.2, 0.25) is 0 Å². The van der Waals surface area contributed by atoms with Gasteiger partial charge in [0.2, 0.25) is 5.91 Å².